The summed E-state index contributed by atoms with van der Waals surface area (Å²) in [6.45, 7) is 4.90. The molecule has 2 heterocycles. The molecule has 3 rings (SSSR count). The standard InChI is InChI=1S/C19H23FN4O/c1-3-14-8-6-7-11-24(14)19-21-13(2)12-17(23-19)18(25)22-16-10-5-4-9-15(16)20/h4-5,9-10,12,14H,3,6-8,11H2,1-2H3,(H,22,25). The third-order valence-corrected chi connectivity index (χ3v) is 4.55. The molecule has 1 N–H and O–H groups in total. The topological polar surface area (TPSA) is 58.1 Å². The van der Waals surface area contributed by atoms with Crippen molar-refractivity contribution in [3.05, 3.63) is 47.5 Å². The van der Waals surface area contributed by atoms with Crippen LogP contribution in [0.5, 0.6) is 0 Å². The number of aryl methyl sites for hydroxylation is 1. The minimum Gasteiger partial charge on any atom is -0.338 e. The third kappa shape index (κ3) is 3.95. The van der Waals surface area contributed by atoms with Crippen LogP contribution in [0.3, 0.4) is 0 Å². The van der Waals surface area contributed by atoms with Gasteiger partial charge >= 0.3 is 0 Å². The Labute approximate surface area is 147 Å². The smallest absolute Gasteiger partial charge is 0.274 e. The van der Waals surface area contributed by atoms with Gasteiger partial charge in [-0.05, 0) is 50.8 Å². The first-order valence-corrected chi connectivity index (χ1v) is 8.76. The van der Waals surface area contributed by atoms with Crippen LogP contribution in [0.1, 0.15) is 48.8 Å². The Bertz CT molecular complexity index is 765. The highest BCUT2D eigenvalue weighted by atomic mass is 19.1. The maximum absolute atomic E-state index is 13.8. The summed E-state index contributed by atoms with van der Waals surface area (Å²) in [6.07, 6.45) is 4.45. The molecule has 1 fully saturated rings. The largest absolute Gasteiger partial charge is 0.338 e. The molecule has 1 aromatic heterocycles. The highest BCUT2D eigenvalue weighted by Crippen LogP contribution is 2.24. The van der Waals surface area contributed by atoms with Crippen LogP contribution in [0.25, 0.3) is 0 Å². The van der Waals surface area contributed by atoms with E-state index in [0.717, 1.165) is 31.5 Å². The molecule has 1 atom stereocenters. The molecule has 0 bridgehead atoms. The second-order valence-electron chi connectivity index (χ2n) is 6.38. The average Bonchev–Trinajstić information content (AvgIpc) is 2.63. The Balaban J connectivity index is 1.86. The monoisotopic (exact) mass is 342 g/mol. The summed E-state index contributed by atoms with van der Waals surface area (Å²) in [5.41, 5.74) is 1.13. The van der Waals surface area contributed by atoms with Crippen LogP contribution < -0.4 is 10.2 Å². The fourth-order valence-corrected chi connectivity index (χ4v) is 3.23. The summed E-state index contributed by atoms with van der Waals surface area (Å²) in [5, 5.41) is 2.59. The highest BCUT2D eigenvalue weighted by molar-refractivity contribution is 6.03. The Morgan fingerprint density at radius 1 is 1.32 bits per heavy atom. The van der Waals surface area contributed by atoms with E-state index in [0.29, 0.717) is 12.0 Å². The van der Waals surface area contributed by atoms with E-state index in [1.165, 1.54) is 18.6 Å². The molecule has 1 saturated heterocycles. The number of carbonyl (C=O) groups is 1. The van der Waals surface area contributed by atoms with Gasteiger partial charge in [0, 0.05) is 18.3 Å². The summed E-state index contributed by atoms with van der Waals surface area (Å²) in [6, 6.07) is 8.13. The number of hydrogen-bond acceptors (Lipinski definition) is 4. The van der Waals surface area contributed by atoms with Crippen molar-refractivity contribution in [1.82, 2.24) is 9.97 Å². The number of nitrogens with one attached hydrogen (secondary N) is 1. The minimum absolute atomic E-state index is 0.148. The van der Waals surface area contributed by atoms with Crippen molar-refractivity contribution < 1.29 is 9.18 Å². The lowest BCUT2D eigenvalue weighted by Crippen LogP contribution is -2.40. The summed E-state index contributed by atoms with van der Waals surface area (Å²) in [7, 11) is 0. The van der Waals surface area contributed by atoms with Crippen LogP contribution in [-0.2, 0) is 0 Å². The summed E-state index contributed by atoms with van der Waals surface area (Å²) in [4.78, 5) is 23.7. The van der Waals surface area contributed by atoms with Gasteiger partial charge < -0.3 is 10.2 Å². The van der Waals surface area contributed by atoms with Crippen LogP contribution in [0.2, 0.25) is 0 Å². The van der Waals surface area contributed by atoms with Crippen molar-refractivity contribution in [1.29, 1.82) is 0 Å². The number of carbonyl (C=O) groups excluding carboxylic acids is 1. The lowest BCUT2D eigenvalue weighted by molar-refractivity contribution is 0.102. The van der Waals surface area contributed by atoms with Crippen molar-refractivity contribution in [3.63, 3.8) is 0 Å². The molecular formula is C19H23FN4O. The number of benzene rings is 1. The number of aromatic nitrogens is 2. The highest BCUT2D eigenvalue weighted by Gasteiger charge is 2.24. The molecule has 1 unspecified atom stereocenters. The van der Waals surface area contributed by atoms with Crippen LogP contribution in [0.4, 0.5) is 16.0 Å². The van der Waals surface area contributed by atoms with E-state index in [9.17, 15) is 9.18 Å². The molecule has 6 heteroatoms. The van der Waals surface area contributed by atoms with E-state index >= 15 is 0 Å². The lowest BCUT2D eigenvalue weighted by atomic mass is 10.0. The number of amides is 1. The van der Waals surface area contributed by atoms with Gasteiger partial charge in [-0.3, -0.25) is 4.79 Å². The zero-order chi connectivity index (χ0) is 17.8. The predicted octanol–water partition coefficient (Wildman–Crippen LogP) is 3.95. The predicted molar refractivity (Wildman–Crippen MR) is 96.4 cm³/mol. The van der Waals surface area contributed by atoms with Gasteiger partial charge in [0.15, 0.2) is 0 Å². The van der Waals surface area contributed by atoms with E-state index in [2.05, 4.69) is 27.1 Å². The molecule has 0 spiro atoms. The maximum Gasteiger partial charge on any atom is 0.274 e. The zero-order valence-electron chi connectivity index (χ0n) is 14.6. The molecule has 0 radical (unpaired) electrons. The fraction of sp³-hybridized carbons (Fsp3) is 0.421. The van der Waals surface area contributed by atoms with Gasteiger partial charge in [-0.2, -0.15) is 0 Å². The van der Waals surface area contributed by atoms with Crippen LogP contribution in [0, 0.1) is 12.7 Å². The van der Waals surface area contributed by atoms with Crippen molar-refractivity contribution in [2.75, 3.05) is 16.8 Å². The molecule has 2 aromatic rings. The summed E-state index contributed by atoms with van der Waals surface area (Å²) >= 11 is 0. The van der Waals surface area contributed by atoms with Gasteiger partial charge in [0.05, 0.1) is 5.69 Å². The molecule has 1 amide bonds. The summed E-state index contributed by atoms with van der Waals surface area (Å²) < 4.78 is 13.8. The van der Waals surface area contributed by atoms with Crippen molar-refractivity contribution in [3.8, 4) is 0 Å². The average molecular weight is 342 g/mol. The second kappa shape index (κ2) is 7.59. The molecule has 132 valence electrons. The van der Waals surface area contributed by atoms with Gasteiger partial charge in [-0.25, -0.2) is 14.4 Å². The SMILES string of the molecule is CCC1CCCCN1c1nc(C)cc(C(=O)Nc2ccccc2F)n1. The molecular weight excluding hydrogens is 319 g/mol. The van der Waals surface area contributed by atoms with Gasteiger partial charge in [0.25, 0.3) is 5.91 Å². The van der Waals surface area contributed by atoms with Crippen LogP contribution in [-0.4, -0.2) is 28.5 Å². The Kier molecular flexibility index (Phi) is 5.26. The van der Waals surface area contributed by atoms with E-state index < -0.39 is 11.7 Å². The molecule has 1 aliphatic heterocycles. The second-order valence-corrected chi connectivity index (χ2v) is 6.38. The number of piperidine rings is 1. The Morgan fingerprint density at radius 3 is 2.88 bits per heavy atom. The van der Waals surface area contributed by atoms with Gasteiger partial charge in [0.1, 0.15) is 11.5 Å². The van der Waals surface area contributed by atoms with Crippen LogP contribution in [0.15, 0.2) is 30.3 Å². The van der Waals surface area contributed by atoms with E-state index in [1.807, 2.05) is 6.92 Å². The van der Waals surface area contributed by atoms with Crippen LogP contribution >= 0.6 is 0 Å². The number of hydrogen-bond donors (Lipinski definition) is 1. The van der Waals surface area contributed by atoms with E-state index in [1.54, 1.807) is 18.2 Å². The Morgan fingerprint density at radius 2 is 2.12 bits per heavy atom. The van der Waals surface area contributed by atoms with Crippen molar-refractivity contribution >= 4 is 17.5 Å². The first-order chi connectivity index (χ1) is 12.1. The molecule has 25 heavy (non-hydrogen) atoms. The number of nitrogens with zero attached hydrogens (tertiary/aromatic N) is 3. The summed E-state index contributed by atoms with van der Waals surface area (Å²) in [5.74, 6) is -0.309. The number of rotatable bonds is 4. The fourth-order valence-electron chi connectivity index (χ4n) is 3.23. The van der Waals surface area contributed by atoms with Gasteiger partial charge in [-0.15, -0.1) is 0 Å². The Hall–Kier alpha value is -2.50. The first-order valence-electron chi connectivity index (χ1n) is 8.76. The number of halogens is 1. The molecule has 0 aliphatic carbocycles. The number of para-hydroxylation sites is 1. The quantitative estimate of drug-likeness (QED) is 0.914. The molecule has 1 aliphatic rings. The van der Waals surface area contributed by atoms with E-state index in [4.69, 9.17) is 0 Å². The first kappa shape index (κ1) is 17.3. The third-order valence-electron chi connectivity index (χ3n) is 4.55. The zero-order valence-corrected chi connectivity index (χ0v) is 14.6. The molecule has 0 saturated carbocycles. The lowest BCUT2D eigenvalue weighted by Gasteiger charge is -2.35. The molecule has 5 nitrogen and oxygen atoms in total. The number of anilines is 2. The van der Waals surface area contributed by atoms with Crippen molar-refractivity contribution in [2.24, 2.45) is 0 Å². The van der Waals surface area contributed by atoms with Gasteiger partial charge in [0.2, 0.25) is 5.95 Å². The van der Waals surface area contributed by atoms with Gasteiger partial charge in [-0.1, -0.05) is 19.1 Å². The maximum atomic E-state index is 13.8. The molecule has 1 aromatic carbocycles. The normalized spacial score (nSPS) is 17.4. The minimum atomic E-state index is -0.469. The van der Waals surface area contributed by atoms with E-state index in [-0.39, 0.29) is 11.4 Å². The van der Waals surface area contributed by atoms with Crippen molar-refractivity contribution in [2.45, 2.75) is 45.6 Å².